The molecule has 0 saturated carbocycles. The maximum atomic E-state index is 13.4. The van der Waals surface area contributed by atoms with Crippen molar-refractivity contribution < 1.29 is 8.78 Å². The minimum Gasteiger partial charge on any atom is -0.313 e. The molecular weight excluding hydrogens is 293 g/mol. The van der Waals surface area contributed by atoms with Crippen LogP contribution in [0, 0.1) is 11.6 Å². The highest BCUT2D eigenvalue weighted by molar-refractivity contribution is 9.10. The van der Waals surface area contributed by atoms with Gasteiger partial charge in [0.1, 0.15) is 10.9 Å². The molecular formula is C8H2BrClF2N2O. The Morgan fingerprint density at radius 1 is 1.40 bits per heavy atom. The standard InChI is InChI=1S/C8H2BrClF2N2O/c9-3-4(10)7-2(5(11)6(3)12)8(15)14-1-13-7/h1H,(H,13,14,15). The Kier molecular flexibility index (Phi) is 2.47. The first-order valence-corrected chi connectivity index (χ1v) is 4.90. The van der Waals surface area contributed by atoms with Crippen molar-refractivity contribution in [2.24, 2.45) is 0 Å². The summed E-state index contributed by atoms with van der Waals surface area (Å²) in [6, 6.07) is 0. The molecule has 0 fully saturated rings. The van der Waals surface area contributed by atoms with Gasteiger partial charge in [-0.15, -0.1) is 0 Å². The number of nitrogens with one attached hydrogen (secondary N) is 1. The number of H-pyrrole nitrogens is 1. The molecule has 1 aromatic heterocycles. The third-order valence-corrected chi connectivity index (χ3v) is 3.20. The van der Waals surface area contributed by atoms with E-state index in [9.17, 15) is 13.6 Å². The van der Waals surface area contributed by atoms with Crippen LogP contribution in [0.3, 0.4) is 0 Å². The van der Waals surface area contributed by atoms with E-state index in [1.54, 1.807) is 0 Å². The summed E-state index contributed by atoms with van der Waals surface area (Å²) in [5.74, 6) is -2.47. The molecule has 1 N–H and O–H groups in total. The predicted molar refractivity (Wildman–Crippen MR) is 55.0 cm³/mol. The Morgan fingerprint density at radius 2 is 2.07 bits per heavy atom. The van der Waals surface area contributed by atoms with Crippen molar-refractivity contribution in [1.82, 2.24) is 9.97 Å². The number of benzene rings is 1. The number of fused-ring (bicyclic) bond motifs is 1. The lowest BCUT2D eigenvalue weighted by molar-refractivity contribution is 0.511. The van der Waals surface area contributed by atoms with Gasteiger partial charge in [0, 0.05) is 0 Å². The van der Waals surface area contributed by atoms with Crippen molar-refractivity contribution in [2.45, 2.75) is 0 Å². The summed E-state index contributed by atoms with van der Waals surface area (Å²) in [5.41, 5.74) is -0.850. The molecule has 78 valence electrons. The van der Waals surface area contributed by atoms with Gasteiger partial charge in [-0.2, -0.15) is 0 Å². The first-order valence-electron chi connectivity index (χ1n) is 3.73. The van der Waals surface area contributed by atoms with Crippen LogP contribution in [-0.2, 0) is 0 Å². The van der Waals surface area contributed by atoms with E-state index in [0.717, 1.165) is 6.33 Å². The fourth-order valence-electron chi connectivity index (χ4n) is 1.18. The van der Waals surface area contributed by atoms with Crippen LogP contribution in [0.25, 0.3) is 10.9 Å². The minimum atomic E-state index is -1.27. The summed E-state index contributed by atoms with van der Waals surface area (Å²) >= 11 is 8.48. The van der Waals surface area contributed by atoms with Gasteiger partial charge >= 0.3 is 0 Å². The number of halogens is 4. The second-order valence-corrected chi connectivity index (χ2v) is 3.88. The molecule has 0 aliphatic heterocycles. The first-order chi connectivity index (χ1) is 7.04. The van der Waals surface area contributed by atoms with Crippen molar-refractivity contribution in [1.29, 1.82) is 0 Å². The van der Waals surface area contributed by atoms with Crippen LogP contribution in [0.15, 0.2) is 15.6 Å². The molecule has 15 heavy (non-hydrogen) atoms. The van der Waals surface area contributed by atoms with Crippen LogP contribution in [-0.4, -0.2) is 9.97 Å². The smallest absolute Gasteiger partial charge is 0.261 e. The summed E-state index contributed by atoms with van der Waals surface area (Å²) in [7, 11) is 0. The summed E-state index contributed by atoms with van der Waals surface area (Å²) in [5, 5.41) is -0.613. The van der Waals surface area contributed by atoms with Crippen LogP contribution in [0.5, 0.6) is 0 Å². The maximum absolute atomic E-state index is 13.4. The summed E-state index contributed by atoms with van der Waals surface area (Å²) in [6.07, 6.45) is 1.07. The van der Waals surface area contributed by atoms with E-state index in [1.165, 1.54) is 0 Å². The van der Waals surface area contributed by atoms with Gasteiger partial charge in [0.2, 0.25) is 0 Å². The third-order valence-electron chi connectivity index (χ3n) is 1.86. The molecule has 0 aliphatic carbocycles. The van der Waals surface area contributed by atoms with E-state index in [4.69, 9.17) is 11.6 Å². The van der Waals surface area contributed by atoms with Crippen molar-refractivity contribution in [2.75, 3.05) is 0 Å². The minimum absolute atomic E-state index is 0.0776. The molecule has 1 aromatic carbocycles. The molecule has 0 amide bonds. The highest BCUT2D eigenvalue weighted by Crippen LogP contribution is 2.32. The lowest BCUT2D eigenvalue weighted by atomic mass is 10.2. The van der Waals surface area contributed by atoms with Gasteiger partial charge < -0.3 is 4.98 Å². The van der Waals surface area contributed by atoms with Crippen LogP contribution in [0.4, 0.5) is 8.78 Å². The van der Waals surface area contributed by atoms with E-state index >= 15 is 0 Å². The average molecular weight is 295 g/mol. The monoisotopic (exact) mass is 294 g/mol. The largest absolute Gasteiger partial charge is 0.313 e. The van der Waals surface area contributed by atoms with Crippen molar-refractivity contribution in [3.05, 3.63) is 37.8 Å². The van der Waals surface area contributed by atoms with Crippen LogP contribution in [0.1, 0.15) is 0 Å². The number of nitrogens with zero attached hydrogens (tertiary/aromatic N) is 1. The molecule has 3 nitrogen and oxygen atoms in total. The highest BCUT2D eigenvalue weighted by Gasteiger charge is 2.19. The topological polar surface area (TPSA) is 45.8 Å². The van der Waals surface area contributed by atoms with Gasteiger partial charge in [0.05, 0.1) is 15.8 Å². The number of aromatic nitrogens is 2. The molecule has 0 saturated heterocycles. The Hall–Kier alpha value is -1.01. The number of hydrogen-bond donors (Lipinski definition) is 1. The number of hydrogen-bond acceptors (Lipinski definition) is 2. The summed E-state index contributed by atoms with van der Waals surface area (Å²) < 4.78 is 26.3. The molecule has 0 aliphatic rings. The fourth-order valence-corrected chi connectivity index (χ4v) is 1.76. The fraction of sp³-hybridized carbons (Fsp3) is 0. The molecule has 2 aromatic rings. The Labute approximate surface area is 95.2 Å². The van der Waals surface area contributed by atoms with Crippen molar-refractivity contribution >= 4 is 38.4 Å². The zero-order valence-electron chi connectivity index (χ0n) is 6.94. The summed E-state index contributed by atoms with van der Waals surface area (Å²) in [4.78, 5) is 17.1. The van der Waals surface area contributed by atoms with Gasteiger partial charge in [-0.25, -0.2) is 13.8 Å². The van der Waals surface area contributed by atoms with Crippen LogP contribution < -0.4 is 5.56 Å². The maximum Gasteiger partial charge on any atom is 0.261 e. The number of rotatable bonds is 0. The molecule has 0 bridgehead atoms. The second-order valence-electron chi connectivity index (χ2n) is 2.71. The normalized spacial score (nSPS) is 10.9. The lowest BCUT2D eigenvalue weighted by Gasteiger charge is -2.03. The quantitative estimate of drug-likeness (QED) is 0.600. The molecule has 0 atom stereocenters. The van der Waals surface area contributed by atoms with Crippen molar-refractivity contribution in [3.63, 3.8) is 0 Å². The number of aromatic amines is 1. The first kappa shape index (κ1) is 10.5. The Bertz CT molecular complexity index is 614. The van der Waals surface area contributed by atoms with Crippen LogP contribution >= 0.6 is 27.5 Å². The zero-order valence-corrected chi connectivity index (χ0v) is 9.29. The van der Waals surface area contributed by atoms with Crippen LogP contribution in [0.2, 0.25) is 5.02 Å². The molecule has 0 radical (unpaired) electrons. The van der Waals surface area contributed by atoms with E-state index in [-0.39, 0.29) is 15.0 Å². The van der Waals surface area contributed by atoms with Crippen molar-refractivity contribution in [3.8, 4) is 0 Å². The highest BCUT2D eigenvalue weighted by atomic mass is 79.9. The average Bonchev–Trinajstić information content (AvgIpc) is 2.23. The molecule has 1 heterocycles. The van der Waals surface area contributed by atoms with E-state index in [1.807, 2.05) is 0 Å². The van der Waals surface area contributed by atoms with Gasteiger partial charge in [0.25, 0.3) is 5.56 Å². The molecule has 7 heteroatoms. The van der Waals surface area contributed by atoms with E-state index < -0.39 is 22.6 Å². The lowest BCUT2D eigenvalue weighted by Crippen LogP contribution is -2.10. The predicted octanol–water partition coefficient (Wildman–Crippen LogP) is 2.62. The van der Waals surface area contributed by atoms with Gasteiger partial charge in [0.15, 0.2) is 11.6 Å². The zero-order chi connectivity index (χ0) is 11.2. The summed E-state index contributed by atoms with van der Waals surface area (Å²) in [6.45, 7) is 0. The molecule has 0 unspecified atom stereocenters. The Balaban J connectivity index is 3.15. The SMILES string of the molecule is O=c1[nH]cnc2c(Cl)c(Br)c(F)c(F)c12. The third kappa shape index (κ3) is 1.44. The molecule has 0 spiro atoms. The van der Waals surface area contributed by atoms with Gasteiger partial charge in [-0.1, -0.05) is 11.6 Å². The van der Waals surface area contributed by atoms with Gasteiger partial charge in [-0.05, 0) is 15.9 Å². The van der Waals surface area contributed by atoms with E-state index in [2.05, 4.69) is 25.9 Å². The second kappa shape index (κ2) is 3.53. The molecule has 2 rings (SSSR count). The Morgan fingerprint density at radius 3 is 2.73 bits per heavy atom. The van der Waals surface area contributed by atoms with Gasteiger partial charge in [-0.3, -0.25) is 4.79 Å². The van der Waals surface area contributed by atoms with E-state index in [0.29, 0.717) is 0 Å².